The molecule has 0 aliphatic heterocycles. The van der Waals surface area contributed by atoms with Gasteiger partial charge in [0.05, 0.1) is 17.7 Å². The van der Waals surface area contributed by atoms with Crippen molar-refractivity contribution in [2.45, 2.75) is 13.3 Å². The second-order valence-corrected chi connectivity index (χ2v) is 8.07. The fourth-order valence-corrected chi connectivity index (χ4v) is 4.06. The molecular weight excluding hydrogens is 394 g/mol. The predicted octanol–water partition coefficient (Wildman–Crippen LogP) is 4.49. The van der Waals surface area contributed by atoms with Crippen LogP contribution < -0.4 is 9.64 Å². The van der Waals surface area contributed by atoms with Gasteiger partial charge in [-0.1, -0.05) is 47.2 Å². The Kier molecular flexibility index (Phi) is 6.88. The van der Waals surface area contributed by atoms with Crippen LogP contribution in [0.15, 0.2) is 42.5 Å². The van der Waals surface area contributed by atoms with Gasteiger partial charge in [-0.3, -0.25) is 9.69 Å². The molecule has 2 aromatic carbocycles. The summed E-state index contributed by atoms with van der Waals surface area (Å²) in [7, 11) is 3.98. The average molecular weight is 418 g/mol. The number of aromatic nitrogens is 1. The van der Waals surface area contributed by atoms with E-state index in [1.807, 2.05) is 57.4 Å². The Hall–Kier alpha value is -2.15. The molecule has 0 bridgehead atoms. The summed E-state index contributed by atoms with van der Waals surface area (Å²) in [6, 6.07) is 13.3. The van der Waals surface area contributed by atoms with Crippen molar-refractivity contribution in [3.05, 3.63) is 53.1 Å². The van der Waals surface area contributed by atoms with E-state index >= 15 is 0 Å². The molecule has 0 aliphatic carbocycles. The van der Waals surface area contributed by atoms with Crippen molar-refractivity contribution < 1.29 is 9.53 Å². The number of thiazole rings is 1. The van der Waals surface area contributed by atoms with E-state index in [4.69, 9.17) is 21.3 Å². The molecule has 0 spiro atoms. The summed E-state index contributed by atoms with van der Waals surface area (Å²) in [5.74, 6) is 0.723. The molecule has 28 heavy (non-hydrogen) atoms. The van der Waals surface area contributed by atoms with Gasteiger partial charge >= 0.3 is 0 Å². The number of rotatable bonds is 8. The Morgan fingerprint density at radius 1 is 1.14 bits per heavy atom. The Bertz CT molecular complexity index is 958. The van der Waals surface area contributed by atoms with Crippen molar-refractivity contribution in [2.24, 2.45) is 0 Å². The maximum atomic E-state index is 13.1. The summed E-state index contributed by atoms with van der Waals surface area (Å²) in [6.45, 7) is 3.81. The molecule has 1 aromatic heterocycles. The molecule has 3 aromatic rings. The number of fused-ring (bicyclic) bond motifs is 1. The van der Waals surface area contributed by atoms with Crippen LogP contribution in [0.25, 0.3) is 10.2 Å². The van der Waals surface area contributed by atoms with E-state index in [1.165, 1.54) is 11.3 Å². The predicted molar refractivity (Wildman–Crippen MR) is 117 cm³/mol. The molecule has 7 heteroatoms. The highest BCUT2D eigenvalue weighted by molar-refractivity contribution is 7.22. The molecule has 1 amide bonds. The highest BCUT2D eigenvalue weighted by atomic mass is 35.5. The van der Waals surface area contributed by atoms with Crippen LogP contribution in [0.3, 0.4) is 0 Å². The van der Waals surface area contributed by atoms with Crippen LogP contribution in [0, 0.1) is 0 Å². The van der Waals surface area contributed by atoms with Crippen molar-refractivity contribution >= 4 is 44.2 Å². The van der Waals surface area contributed by atoms with Crippen molar-refractivity contribution in [3.8, 4) is 5.75 Å². The molecule has 5 nitrogen and oxygen atoms in total. The number of benzene rings is 2. The number of para-hydroxylation sites is 1. The van der Waals surface area contributed by atoms with E-state index in [2.05, 4.69) is 4.90 Å². The van der Waals surface area contributed by atoms with E-state index in [1.54, 1.807) is 11.0 Å². The van der Waals surface area contributed by atoms with Crippen LogP contribution in [-0.4, -0.2) is 49.6 Å². The van der Waals surface area contributed by atoms with E-state index in [0.29, 0.717) is 23.3 Å². The fraction of sp³-hybridized carbons (Fsp3) is 0.333. The first-order valence-electron chi connectivity index (χ1n) is 9.20. The van der Waals surface area contributed by atoms with Gasteiger partial charge in [0, 0.05) is 18.1 Å². The van der Waals surface area contributed by atoms with Gasteiger partial charge in [-0.05, 0) is 44.8 Å². The first kappa shape index (κ1) is 20.6. The zero-order valence-corrected chi connectivity index (χ0v) is 17.9. The van der Waals surface area contributed by atoms with Gasteiger partial charge in [-0.15, -0.1) is 0 Å². The van der Waals surface area contributed by atoms with Gasteiger partial charge < -0.3 is 9.64 Å². The minimum atomic E-state index is -0.0213. The number of nitrogens with zero attached hydrogens (tertiary/aromatic N) is 3. The molecule has 0 saturated carbocycles. The van der Waals surface area contributed by atoms with Crippen molar-refractivity contribution in [1.29, 1.82) is 0 Å². The molecule has 148 valence electrons. The lowest BCUT2D eigenvalue weighted by molar-refractivity contribution is -0.118. The third kappa shape index (κ3) is 4.82. The molecule has 0 saturated heterocycles. The number of anilines is 1. The van der Waals surface area contributed by atoms with Crippen LogP contribution in [0.2, 0.25) is 5.02 Å². The summed E-state index contributed by atoms with van der Waals surface area (Å²) in [5.41, 5.74) is 1.62. The Labute approximate surface area is 174 Å². The van der Waals surface area contributed by atoms with E-state index in [9.17, 15) is 4.79 Å². The summed E-state index contributed by atoms with van der Waals surface area (Å²) in [4.78, 5) is 21.7. The summed E-state index contributed by atoms with van der Waals surface area (Å²) in [6.07, 6.45) is 0.237. The third-order valence-electron chi connectivity index (χ3n) is 4.27. The number of carbonyl (C=O) groups excluding carboxylic acids is 1. The first-order chi connectivity index (χ1) is 13.5. The molecule has 1 heterocycles. The quantitative estimate of drug-likeness (QED) is 0.542. The van der Waals surface area contributed by atoms with Gasteiger partial charge in [-0.25, -0.2) is 4.98 Å². The highest BCUT2D eigenvalue weighted by Crippen LogP contribution is 2.34. The van der Waals surface area contributed by atoms with Gasteiger partial charge in [0.1, 0.15) is 11.3 Å². The molecular formula is C21H24ClN3O2S. The average Bonchev–Trinajstić information content (AvgIpc) is 3.08. The lowest BCUT2D eigenvalue weighted by atomic mass is 10.1. The summed E-state index contributed by atoms with van der Waals surface area (Å²) in [5, 5.41) is 1.28. The van der Waals surface area contributed by atoms with Crippen LogP contribution in [0.1, 0.15) is 12.5 Å². The lowest BCUT2D eigenvalue weighted by Crippen LogP contribution is -2.37. The number of halogens is 1. The number of ether oxygens (including phenoxy) is 1. The number of likely N-dealkylation sites (N-methyl/N-ethyl adjacent to an activating group) is 1. The standard InChI is InChI=1S/C21H24ClN3O2S/c1-4-27-17-10-7-11-18-20(17)23-21(28-18)25(13-12-24(2)3)19(26)14-15-8-5-6-9-16(15)22/h5-11H,4,12-14H2,1-3H3. The van der Waals surface area contributed by atoms with Crippen molar-refractivity contribution in [3.63, 3.8) is 0 Å². The topological polar surface area (TPSA) is 45.7 Å². The van der Waals surface area contributed by atoms with Gasteiger partial charge in [0.15, 0.2) is 5.13 Å². The van der Waals surface area contributed by atoms with Crippen molar-refractivity contribution in [2.75, 3.05) is 38.7 Å². The molecule has 0 N–H and O–H groups in total. The second-order valence-electron chi connectivity index (χ2n) is 6.65. The maximum absolute atomic E-state index is 13.1. The van der Waals surface area contributed by atoms with E-state index < -0.39 is 0 Å². The van der Waals surface area contributed by atoms with E-state index in [0.717, 1.165) is 28.1 Å². The number of amides is 1. The molecule has 3 rings (SSSR count). The van der Waals surface area contributed by atoms with E-state index in [-0.39, 0.29) is 12.3 Å². The fourth-order valence-electron chi connectivity index (χ4n) is 2.83. The molecule has 0 radical (unpaired) electrons. The van der Waals surface area contributed by atoms with Gasteiger partial charge in [0.2, 0.25) is 5.91 Å². The van der Waals surface area contributed by atoms with Crippen LogP contribution >= 0.6 is 22.9 Å². The molecule has 0 atom stereocenters. The highest BCUT2D eigenvalue weighted by Gasteiger charge is 2.22. The molecule has 0 fully saturated rings. The SMILES string of the molecule is CCOc1cccc2sc(N(CCN(C)C)C(=O)Cc3ccccc3Cl)nc12. The smallest absolute Gasteiger partial charge is 0.233 e. The largest absolute Gasteiger partial charge is 0.492 e. The first-order valence-corrected chi connectivity index (χ1v) is 10.4. The molecule has 0 aliphatic rings. The lowest BCUT2D eigenvalue weighted by Gasteiger charge is -2.22. The minimum Gasteiger partial charge on any atom is -0.492 e. The van der Waals surface area contributed by atoms with Crippen LogP contribution in [0.4, 0.5) is 5.13 Å². The number of carbonyl (C=O) groups is 1. The monoisotopic (exact) mass is 417 g/mol. The second kappa shape index (κ2) is 9.37. The summed E-state index contributed by atoms with van der Waals surface area (Å²) < 4.78 is 6.70. The Balaban J connectivity index is 1.93. The van der Waals surface area contributed by atoms with Gasteiger partial charge in [0.25, 0.3) is 0 Å². The van der Waals surface area contributed by atoms with Gasteiger partial charge in [-0.2, -0.15) is 0 Å². The minimum absolute atomic E-state index is 0.0213. The molecule has 0 unspecified atom stereocenters. The normalized spacial score (nSPS) is 11.2. The Morgan fingerprint density at radius 3 is 2.64 bits per heavy atom. The van der Waals surface area contributed by atoms with Crippen LogP contribution in [0.5, 0.6) is 5.75 Å². The summed E-state index contributed by atoms with van der Waals surface area (Å²) >= 11 is 7.76. The Morgan fingerprint density at radius 2 is 1.93 bits per heavy atom. The maximum Gasteiger partial charge on any atom is 0.233 e. The third-order valence-corrected chi connectivity index (χ3v) is 5.69. The number of hydrogen-bond donors (Lipinski definition) is 0. The van der Waals surface area contributed by atoms with Crippen molar-refractivity contribution in [1.82, 2.24) is 9.88 Å². The zero-order chi connectivity index (χ0) is 20.1. The zero-order valence-electron chi connectivity index (χ0n) is 16.3. The number of hydrogen-bond acceptors (Lipinski definition) is 5. The van der Waals surface area contributed by atoms with Crippen LogP contribution in [-0.2, 0) is 11.2 Å².